The third kappa shape index (κ3) is 7.72. The van der Waals surface area contributed by atoms with Crippen LogP contribution >= 0.6 is 0 Å². The van der Waals surface area contributed by atoms with Gasteiger partial charge in [-0.25, -0.2) is 20.9 Å². The molecule has 8 nitrogen and oxygen atoms in total. The number of rotatable bonds is 9. The molecule has 4 rings (SSSR count). The Balaban J connectivity index is 1.79. The highest BCUT2D eigenvalue weighted by Crippen LogP contribution is 2.37. The smallest absolute Gasteiger partial charge is 0.368 e. The van der Waals surface area contributed by atoms with Crippen molar-refractivity contribution in [2.45, 2.75) is 58.0 Å². The second-order valence-corrected chi connectivity index (χ2v) is 10.5. The largest absolute Gasteiger partial charge is 0.416 e. The van der Waals surface area contributed by atoms with Gasteiger partial charge in [0.2, 0.25) is 5.96 Å². The van der Waals surface area contributed by atoms with Gasteiger partial charge in [-0.1, -0.05) is 25.0 Å². The van der Waals surface area contributed by atoms with Crippen molar-refractivity contribution < 1.29 is 26.3 Å². The van der Waals surface area contributed by atoms with Crippen molar-refractivity contribution in [3.05, 3.63) is 64.8 Å². The first kappa shape index (κ1) is 31.1. The van der Waals surface area contributed by atoms with Gasteiger partial charge in [-0.05, 0) is 61.6 Å². The molecule has 0 saturated heterocycles. The fourth-order valence-electron chi connectivity index (χ4n) is 5.21. The Morgan fingerprint density at radius 3 is 2.02 bits per heavy atom. The Morgan fingerprint density at radius 2 is 1.50 bits per heavy atom. The maximum Gasteiger partial charge on any atom is 0.416 e. The zero-order chi connectivity index (χ0) is 30.7. The maximum absolute atomic E-state index is 13.6. The van der Waals surface area contributed by atoms with Crippen LogP contribution in [0.3, 0.4) is 0 Å². The number of para-hydroxylation sites is 2. The average Bonchev–Trinajstić information content (AvgIpc) is 3.43. The highest BCUT2D eigenvalue weighted by molar-refractivity contribution is 5.79. The van der Waals surface area contributed by atoms with E-state index in [-0.39, 0.29) is 24.1 Å². The SMILES string of the molecule is CCN(CC1CCCC1)c1nc2ccccc2nc1CN(Cc1cc(C(F)(F)F)cc(C(F)(F)F)c1)/C(N)=N/N(C)N. The van der Waals surface area contributed by atoms with E-state index < -0.39 is 30.0 Å². The van der Waals surface area contributed by atoms with Crippen LogP contribution in [0.5, 0.6) is 0 Å². The fourth-order valence-corrected chi connectivity index (χ4v) is 5.21. The van der Waals surface area contributed by atoms with Crippen molar-refractivity contribution >= 4 is 22.8 Å². The molecule has 0 amide bonds. The Kier molecular flexibility index (Phi) is 9.34. The van der Waals surface area contributed by atoms with Gasteiger partial charge < -0.3 is 15.5 Å². The number of anilines is 1. The highest BCUT2D eigenvalue weighted by Gasteiger charge is 2.37. The number of hydrogen-bond donors (Lipinski definition) is 2. The zero-order valence-electron chi connectivity index (χ0n) is 23.4. The van der Waals surface area contributed by atoms with Gasteiger partial charge >= 0.3 is 12.4 Å². The molecule has 1 aliphatic carbocycles. The molecule has 0 aliphatic heterocycles. The molecule has 228 valence electrons. The molecule has 0 atom stereocenters. The lowest BCUT2D eigenvalue weighted by molar-refractivity contribution is -0.143. The molecule has 0 radical (unpaired) electrons. The highest BCUT2D eigenvalue weighted by atomic mass is 19.4. The van der Waals surface area contributed by atoms with Crippen LogP contribution in [-0.2, 0) is 25.4 Å². The first-order chi connectivity index (χ1) is 19.7. The molecule has 0 bridgehead atoms. The third-order valence-corrected chi connectivity index (χ3v) is 7.20. The van der Waals surface area contributed by atoms with E-state index in [1.807, 2.05) is 19.1 Å². The number of alkyl halides is 6. The van der Waals surface area contributed by atoms with Gasteiger partial charge in [0.1, 0.15) is 5.69 Å². The molecule has 3 aromatic rings. The monoisotopic (exact) mass is 596 g/mol. The molecule has 1 fully saturated rings. The van der Waals surface area contributed by atoms with Crippen molar-refractivity contribution in [1.29, 1.82) is 0 Å². The summed E-state index contributed by atoms with van der Waals surface area (Å²) in [4.78, 5) is 13.1. The maximum atomic E-state index is 13.6. The molecule has 1 saturated carbocycles. The van der Waals surface area contributed by atoms with E-state index in [0.29, 0.717) is 47.1 Å². The number of hydrogen-bond acceptors (Lipinski definition) is 6. The van der Waals surface area contributed by atoms with Gasteiger partial charge in [-0.2, -0.15) is 26.3 Å². The average molecular weight is 597 g/mol. The summed E-state index contributed by atoms with van der Waals surface area (Å²) in [5, 5.41) is 4.88. The summed E-state index contributed by atoms with van der Waals surface area (Å²) < 4.78 is 81.4. The van der Waals surface area contributed by atoms with Crippen molar-refractivity contribution in [3.63, 3.8) is 0 Å². The van der Waals surface area contributed by atoms with Crippen LogP contribution in [0.4, 0.5) is 32.2 Å². The molecule has 4 N–H and O–H groups in total. The quantitative estimate of drug-likeness (QED) is 0.107. The summed E-state index contributed by atoms with van der Waals surface area (Å²) >= 11 is 0. The van der Waals surface area contributed by atoms with E-state index in [9.17, 15) is 26.3 Å². The van der Waals surface area contributed by atoms with E-state index in [0.717, 1.165) is 37.3 Å². The van der Waals surface area contributed by atoms with Gasteiger partial charge in [0.25, 0.3) is 0 Å². The van der Waals surface area contributed by atoms with Crippen LogP contribution < -0.4 is 16.5 Å². The number of nitrogens with zero attached hydrogens (tertiary/aromatic N) is 6. The summed E-state index contributed by atoms with van der Waals surface area (Å²) in [7, 11) is 1.39. The van der Waals surface area contributed by atoms with Crippen molar-refractivity contribution in [3.8, 4) is 0 Å². The second-order valence-electron chi connectivity index (χ2n) is 10.5. The lowest BCUT2D eigenvalue weighted by Crippen LogP contribution is -2.40. The van der Waals surface area contributed by atoms with Gasteiger partial charge in [0, 0.05) is 26.7 Å². The number of benzene rings is 2. The Hall–Kier alpha value is -3.81. The molecule has 42 heavy (non-hydrogen) atoms. The number of fused-ring (bicyclic) bond motifs is 1. The number of hydrazone groups is 1. The third-order valence-electron chi connectivity index (χ3n) is 7.20. The van der Waals surface area contributed by atoms with Crippen molar-refractivity contribution in [1.82, 2.24) is 20.0 Å². The van der Waals surface area contributed by atoms with E-state index >= 15 is 0 Å². The van der Waals surface area contributed by atoms with Gasteiger partial charge in [-0.15, -0.1) is 5.10 Å². The normalized spacial score (nSPS) is 14.9. The predicted molar refractivity (Wildman–Crippen MR) is 149 cm³/mol. The van der Waals surface area contributed by atoms with Crippen molar-refractivity contribution in [2.75, 3.05) is 25.0 Å². The summed E-state index contributed by atoms with van der Waals surface area (Å²) in [6, 6.07) is 8.69. The molecular formula is C28H34F6N8. The minimum absolute atomic E-state index is 0.0913. The Bertz CT molecular complexity index is 1370. The molecule has 14 heteroatoms. The molecule has 0 unspecified atom stereocenters. The lowest BCUT2D eigenvalue weighted by Gasteiger charge is -2.30. The minimum Gasteiger partial charge on any atom is -0.368 e. The second kappa shape index (κ2) is 12.6. The summed E-state index contributed by atoms with van der Waals surface area (Å²) in [6.45, 7) is 2.82. The first-order valence-corrected chi connectivity index (χ1v) is 13.6. The molecule has 1 aromatic heterocycles. The minimum atomic E-state index is -4.99. The Morgan fingerprint density at radius 1 is 0.929 bits per heavy atom. The molecule has 2 aromatic carbocycles. The zero-order valence-corrected chi connectivity index (χ0v) is 23.4. The topological polar surface area (TPSA) is 99.9 Å². The van der Waals surface area contributed by atoms with Crippen LogP contribution in [0, 0.1) is 5.92 Å². The molecule has 1 heterocycles. The van der Waals surface area contributed by atoms with Gasteiger partial charge in [0.05, 0.1) is 28.7 Å². The Labute approximate surface area is 240 Å². The van der Waals surface area contributed by atoms with Crippen LogP contribution in [-0.4, -0.2) is 46.1 Å². The standard InChI is InChI=1S/C28H34F6N8/c1-3-41(15-18-8-4-5-9-18)25-24(37-22-10-6-7-11-23(22)38-25)17-42(26(35)39-40(2)36)16-19-12-20(27(29,30)31)14-21(13-19)28(32,33)34/h6-7,10-14,18H,3-5,8-9,15-17,36H2,1-2H3,(H2,35,39). The predicted octanol–water partition coefficient (Wildman–Crippen LogP) is 5.72. The number of nitrogens with two attached hydrogens (primary N) is 2. The number of halogens is 6. The van der Waals surface area contributed by atoms with E-state index in [2.05, 4.69) is 10.0 Å². The van der Waals surface area contributed by atoms with Gasteiger partial charge in [0.15, 0.2) is 5.82 Å². The summed E-state index contributed by atoms with van der Waals surface area (Å²) in [5.74, 6) is 6.48. The van der Waals surface area contributed by atoms with E-state index in [4.69, 9.17) is 21.5 Å². The summed E-state index contributed by atoms with van der Waals surface area (Å²) in [5.41, 5.74) is 4.81. The van der Waals surface area contributed by atoms with Crippen molar-refractivity contribution in [2.24, 2.45) is 22.6 Å². The number of aromatic nitrogens is 2. The van der Waals surface area contributed by atoms with Crippen LogP contribution in [0.2, 0.25) is 0 Å². The summed E-state index contributed by atoms with van der Waals surface area (Å²) in [6.07, 6.45) is -5.48. The van der Waals surface area contributed by atoms with E-state index in [1.165, 1.54) is 11.9 Å². The van der Waals surface area contributed by atoms with Crippen LogP contribution in [0.1, 0.15) is 55.0 Å². The molecular weight excluding hydrogens is 562 g/mol. The lowest BCUT2D eigenvalue weighted by atomic mass is 10.0. The number of hydrazine groups is 1. The number of guanidine groups is 1. The van der Waals surface area contributed by atoms with E-state index in [1.54, 1.807) is 12.1 Å². The fraction of sp³-hybridized carbons (Fsp3) is 0.464. The molecule has 0 spiro atoms. The van der Waals surface area contributed by atoms with Crippen LogP contribution in [0.25, 0.3) is 11.0 Å². The van der Waals surface area contributed by atoms with Crippen LogP contribution in [0.15, 0.2) is 47.6 Å². The molecule has 1 aliphatic rings. The first-order valence-electron chi connectivity index (χ1n) is 13.6. The van der Waals surface area contributed by atoms with Gasteiger partial charge in [-0.3, -0.25) is 0 Å².